The molecule has 0 saturated heterocycles. The van der Waals surface area contributed by atoms with Crippen LogP contribution in [0.1, 0.15) is 16.7 Å². The molecule has 6 nitrogen and oxygen atoms in total. The SMILES string of the molecule is Cc1cccc2ncnc(N3CCc4ccc([N+](=O)[O-])cc4C3)c12. The zero-order chi connectivity index (χ0) is 16.7. The highest BCUT2D eigenvalue weighted by molar-refractivity contribution is 5.92. The summed E-state index contributed by atoms with van der Waals surface area (Å²) in [4.78, 5) is 21.7. The van der Waals surface area contributed by atoms with Gasteiger partial charge in [-0.1, -0.05) is 18.2 Å². The molecule has 0 aliphatic carbocycles. The number of non-ortho nitro benzene ring substituents is 1. The van der Waals surface area contributed by atoms with Crippen molar-refractivity contribution in [2.24, 2.45) is 0 Å². The van der Waals surface area contributed by atoms with Gasteiger partial charge >= 0.3 is 0 Å². The summed E-state index contributed by atoms with van der Waals surface area (Å²) in [6.45, 7) is 3.51. The fourth-order valence-electron chi connectivity index (χ4n) is 3.34. The first-order valence-corrected chi connectivity index (χ1v) is 7.85. The van der Waals surface area contributed by atoms with Crippen molar-refractivity contribution in [1.29, 1.82) is 0 Å². The maximum atomic E-state index is 11.0. The van der Waals surface area contributed by atoms with E-state index in [2.05, 4.69) is 27.9 Å². The summed E-state index contributed by atoms with van der Waals surface area (Å²) in [5.41, 5.74) is 4.36. The van der Waals surface area contributed by atoms with E-state index in [1.54, 1.807) is 18.5 Å². The van der Waals surface area contributed by atoms with E-state index in [4.69, 9.17) is 0 Å². The predicted octanol–water partition coefficient (Wildman–Crippen LogP) is 3.41. The number of benzene rings is 2. The molecular formula is C18H16N4O2. The molecule has 0 bridgehead atoms. The zero-order valence-electron chi connectivity index (χ0n) is 13.3. The molecule has 24 heavy (non-hydrogen) atoms. The Bertz CT molecular complexity index is 950. The largest absolute Gasteiger partial charge is 0.351 e. The second kappa shape index (κ2) is 5.56. The normalized spacial score (nSPS) is 13.8. The Kier molecular flexibility index (Phi) is 3.37. The van der Waals surface area contributed by atoms with Gasteiger partial charge in [-0.3, -0.25) is 10.1 Å². The van der Waals surface area contributed by atoms with E-state index in [1.165, 1.54) is 5.56 Å². The van der Waals surface area contributed by atoms with Crippen molar-refractivity contribution in [2.75, 3.05) is 11.4 Å². The van der Waals surface area contributed by atoms with Crippen LogP contribution < -0.4 is 4.90 Å². The maximum absolute atomic E-state index is 11.0. The molecule has 1 aliphatic heterocycles. The average Bonchev–Trinajstić information content (AvgIpc) is 2.60. The van der Waals surface area contributed by atoms with Crippen LogP contribution in [0.15, 0.2) is 42.7 Å². The Labute approximate surface area is 138 Å². The van der Waals surface area contributed by atoms with Crippen molar-refractivity contribution in [3.63, 3.8) is 0 Å². The Hall–Kier alpha value is -3.02. The fourth-order valence-corrected chi connectivity index (χ4v) is 3.34. The van der Waals surface area contributed by atoms with E-state index in [9.17, 15) is 10.1 Å². The number of fused-ring (bicyclic) bond motifs is 2. The minimum atomic E-state index is -0.344. The van der Waals surface area contributed by atoms with Crippen LogP contribution in [0.5, 0.6) is 0 Å². The monoisotopic (exact) mass is 320 g/mol. The number of nitrogens with zero attached hydrogens (tertiary/aromatic N) is 4. The number of aromatic nitrogens is 2. The summed E-state index contributed by atoms with van der Waals surface area (Å²) in [5, 5.41) is 12.1. The van der Waals surface area contributed by atoms with Crippen molar-refractivity contribution in [1.82, 2.24) is 9.97 Å². The molecule has 2 aromatic carbocycles. The number of nitro benzene ring substituents is 1. The van der Waals surface area contributed by atoms with Crippen molar-refractivity contribution in [3.05, 3.63) is 69.5 Å². The van der Waals surface area contributed by atoms with E-state index in [0.29, 0.717) is 6.54 Å². The van der Waals surface area contributed by atoms with Crippen molar-refractivity contribution in [2.45, 2.75) is 19.9 Å². The lowest BCUT2D eigenvalue weighted by Gasteiger charge is -2.30. The minimum absolute atomic E-state index is 0.138. The van der Waals surface area contributed by atoms with E-state index < -0.39 is 0 Å². The lowest BCUT2D eigenvalue weighted by atomic mass is 9.98. The molecule has 0 radical (unpaired) electrons. The molecule has 0 atom stereocenters. The third-order valence-corrected chi connectivity index (χ3v) is 4.56. The van der Waals surface area contributed by atoms with Gasteiger partial charge in [-0.15, -0.1) is 0 Å². The number of hydrogen-bond acceptors (Lipinski definition) is 5. The highest BCUT2D eigenvalue weighted by atomic mass is 16.6. The molecule has 6 heteroatoms. The average molecular weight is 320 g/mol. The Morgan fingerprint density at radius 2 is 2.04 bits per heavy atom. The summed E-state index contributed by atoms with van der Waals surface area (Å²) in [6.07, 6.45) is 2.44. The van der Waals surface area contributed by atoms with E-state index in [1.807, 2.05) is 18.2 Å². The maximum Gasteiger partial charge on any atom is 0.269 e. The molecule has 120 valence electrons. The van der Waals surface area contributed by atoms with Gasteiger partial charge in [0.25, 0.3) is 5.69 Å². The standard InChI is InChI=1S/C18H16N4O2/c1-12-3-2-4-16-17(12)18(20-11-19-16)21-8-7-13-5-6-15(22(23)24)9-14(13)10-21/h2-6,9,11H,7-8,10H2,1H3. The van der Waals surface area contributed by atoms with Crippen molar-refractivity contribution < 1.29 is 4.92 Å². The van der Waals surface area contributed by atoms with Gasteiger partial charge in [-0.25, -0.2) is 9.97 Å². The topological polar surface area (TPSA) is 72.2 Å². The van der Waals surface area contributed by atoms with Crippen molar-refractivity contribution in [3.8, 4) is 0 Å². The molecule has 3 aromatic rings. The Morgan fingerprint density at radius 3 is 2.88 bits per heavy atom. The molecule has 1 aliphatic rings. The van der Waals surface area contributed by atoms with Gasteiger partial charge in [0.05, 0.1) is 10.4 Å². The first-order valence-electron chi connectivity index (χ1n) is 7.85. The summed E-state index contributed by atoms with van der Waals surface area (Å²) in [7, 11) is 0. The first kappa shape index (κ1) is 14.6. The number of rotatable bonds is 2. The lowest BCUT2D eigenvalue weighted by molar-refractivity contribution is -0.384. The van der Waals surface area contributed by atoms with E-state index in [0.717, 1.165) is 40.8 Å². The number of hydrogen-bond donors (Lipinski definition) is 0. The molecule has 0 unspecified atom stereocenters. The molecular weight excluding hydrogens is 304 g/mol. The van der Waals surface area contributed by atoms with Gasteiger partial charge in [0.15, 0.2) is 0 Å². The van der Waals surface area contributed by atoms with Crippen molar-refractivity contribution >= 4 is 22.4 Å². The van der Waals surface area contributed by atoms with Crippen LogP contribution in [0, 0.1) is 17.0 Å². The highest BCUT2D eigenvalue weighted by Crippen LogP contribution is 2.31. The molecule has 2 heterocycles. The van der Waals surface area contributed by atoms with Crippen LogP contribution in [-0.4, -0.2) is 21.4 Å². The fraction of sp³-hybridized carbons (Fsp3) is 0.222. The molecule has 0 amide bonds. The number of aryl methyl sites for hydroxylation is 1. The Balaban J connectivity index is 1.78. The first-order chi connectivity index (χ1) is 11.6. The van der Waals surface area contributed by atoms with Gasteiger partial charge in [0, 0.05) is 30.6 Å². The zero-order valence-corrected chi connectivity index (χ0v) is 13.3. The molecule has 0 spiro atoms. The van der Waals surface area contributed by atoms with Gasteiger partial charge < -0.3 is 4.90 Å². The molecule has 4 rings (SSSR count). The number of anilines is 1. The smallest absolute Gasteiger partial charge is 0.269 e. The molecule has 1 aromatic heterocycles. The molecule has 0 fully saturated rings. The van der Waals surface area contributed by atoms with Gasteiger partial charge in [0.2, 0.25) is 0 Å². The van der Waals surface area contributed by atoms with Crippen LogP contribution in [0.3, 0.4) is 0 Å². The van der Waals surface area contributed by atoms with Gasteiger partial charge in [0.1, 0.15) is 12.1 Å². The van der Waals surface area contributed by atoms with E-state index >= 15 is 0 Å². The highest BCUT2D eigenvalue weighted by Gasteiger charge is 2.22. The summed E-state index contributed by atoms with van der Waals surface area (Å²) < 4.78 is 0. The quantitative estimate of drug-likeness (QED) is 0.534. The van der Waals surface area contributed by atoms with E-state index in [-0.39, 0.29) is 10.6 Å². The molecule has 0 N–H and O–H groups in total. The van der Waals surface area contributed by atoms with Crippen LogP contribution >= 0.6 is 0 Å². The third-order valence-electron chi connectivity index (χ3n) is 4.56. The summed E-state index contributed by atoms with van der Waals surface area (Å²) >= 11 is 0. The summed E-state index contributed by atoms with van der Waals surface area (Å²) in [6, 6.07) is 11.2. The summed E-state index contributed by atoms with van der Waals surface area (Å²) in [5.74, 6) is 0.898. The third kappa shape index (κ3) is 2.36. The van der Waals surface area contributed by atoms with Gasteiger partial charge in [-0.2, -0.15) is 0 Å². The second-order valence-corrected chi connectivity index (χ2v) is 6.05. The predicted molar refractivity (Wildman–Crippen MR) is 92.1 cm³/mol. The second-order valence-electron chi connectivity index (χ2n) is 6.05. The van der Waals surface area contributed by atoms with Crippen LogP contribution in [0.2, 0.25) is 0 Å². The van der Waals surface area contributed by atoms with Crippen LogP contribution in [-0.2, 0) is 13.0 Å². The van der Waals surface area contributed by atoms with Crippen LogP contribution in [0.4, 0.5) is 11.5 Å². The lowest BCUT2D eigenvalue weighted by Crippen LogP contribution is -2.31. The molecule has 0 saturated carbocycles. The van der Waals surface area contributed by atoms with Gasteiger partial charge in [-0.05, 0) is 36.1 Å². The van der Waals surface area contributed by atoms with Crippen LogP contribution in [0.25, 0.3) is 10.9 Å². The minimum Gasteiger partial charge on any atom is -0.351 e. The Morgan fingerprint density at radius 1 is 1.17 bits per heavy atom. The number of nitro groups is 1.